The maximum atomic E-state index is 12.9. The number of pyridine rings is 1. The molecule has 3 aromatic heterocycles. The second-order valence-corrected chi connectivity index (χ2v) is 6.69. The standard InChI is InChI=1S/C17H21N5O2/c1-20(2)9-10-21-7-5-12-6-8-22(17(23)15(12)21)11-14-18-16(19-24-14)13-3-4-13/h5-8,13H,3-4,9-11H2,1-2H3. The van der Waals surface area contributed by atoms with E-state index >= 15 is 0 Å². The smallest absolute Gasteiger partial charge is 0.275 e. The molecule has 0 saturated heterocycles. The summed E-state index contributed by atoms with van der Waals surface area (Å²) in [5, 5.41) is 4.97. The van der Waals surface area contributed by atoms with E-state index in [1.165, 1.54) is 0 Å². The van der Waals surface area contributed by atoms with Crippen molar-refractivity contribution in [3.63, 3.8) is 0 Å². The molecule has 0 unspecified atom stereocenters. The van der Waals surface area contributed by atoms with Crippen LogP contribution in [0.4, 0.5) is 0 Å². The zero-order valence-electron chi connectivity index (χ0n) is 14.0. The third-order valence-electron chi connectivity index (χ3n) is 4.41. The lowest BCUT2D eigenvalue weighted by Gasteiger charge is -2.11. The molecule has 3 aromatic rings. The number of hydrogen-bond acceptors (Lipinski definition) is 5. The van der Waals surface area contributed by atoms with Gasteiger partial charge in [-0.15, -0.1) is 0 Å². The molecule has 3 heterocycles. The third kappa shape index (κ3) is 2.87. The van der Waals surface area contributed by atoms with Crippen molar-refractivity contribution in [1.29, 1.82) is 0 Å². The van der Waals surface area contributed by atoms with Gasteiger partial charge in [0, 0.05) is 36.8 Å². The minimum atomic E-state index is -0.0255. The Morgan fingerprint density at radius 1 is 1.25 bits per heavy atom. The first-order chi connectivity index (χ1) is 11.6. The van der Waals surface area contributed by atoms with Gasteiger partial charge in [-0.3, -0.25) is 4.79 Å². The van der Waals surface area contributed by atoms with E-state index in [1.807, 2.05) is 37.0 Å². The average Bonchev–Trinajstić information content (AvgIpc) is 3.16. The van der Waals surface area contributed by atoms with Crippen molar-refractivity contribution in [2.45, 2.75) is 31.8 Å². The second-order valence-electron chi connectivity index (χ2n) is 6.69. The highest BCUT2D eigenvalue weighted by Gasteiger charge is 2.28. The quantitative estimate of drug-likeness (QED) is 0.689. The van der Waals surface area contributed by atoms with Gasteiger partial charge in [-0.25, -0.2) is 0 Å². The molecule has 0 bridgehead atoms. The fraction of sp³-hybridized carbons (Fsp3) is 0.471. The molecule has 0 N–H and O–H groups in total. The normalized spacial score (nSPS) is 14.8. The maximum Gasteiger partial charge on any atom is 0.275 e. The molecular weight excluding hydrogens is 306 g/mol. The Bertz CT molecular complexity index is 917. The molecular formula is C17H21N5O2. The van der Waals surface area contributed by atoms with Crippen LogP contribution >= 0.6 is 0 Å². The van der Waals surface area contributed by atoms with Crippen molar-refractivity contribution in [2.24, 2.45) is 0 Å². The molecule has 0 atom stereocenters. The van der Waals surface area contributed by atoms with Gasteiger partial charge in [0.25, 0.3) is 5.56 Å². The van der Waals surface area contributed by atoms with Crippen molar-refractivity contribution in [1.82, 2.24) is 24.2 Å². The van der Waals surface area contributed by atoms with Crippen LogP contribution in [0.5, 0.6) is 0 Å². The summed E-state index contributed by atoms with van der Waals surface area (Å²) in [6, 6.07) is 3.94. The molecule has 7 nitrogen and oxygen atoms in total. The first-order valence-electron chi connectivity index (χ1n) is 8.27. The lowest BCUT2D eigenvalue weighted by molar-refractivity contribution is 0.365. The summed E-state index contributed by atoms with van der Waals surface area (Å²) >= 11 is 0. The van der Waals surface area contributed by atoms with Gasteiger partial charge in [-0.1, -0.05) is 5.16 Å². The zero-order valence-corrected chi connectivity index (χ0v) is 14.0. The molecule has 24 heavy (non-hydrogen) atoms. The summed E-state index contributed by atoms with van der Waals surface area (Å²) in [6.45, 7) is 1.97. The van der Waals surface area contributed by atoms with Gasteiger partial charge in [0.05, 0.1) is 0 Å². The van der Waals surface area contributed by atoms with Crippen LogP contribution in [0.25, 0.3) is 10.9 Å². The van der Waals surface area contributed by atoms with E-state index in [1.54, 1.807) is 10.8 Å². The molecule has 7 heteroatoms. The van der Waals surface area contributed by atoms with E-state index in [0.29, 0.717) is 18.4 Å². The largest absolute Gasteiger partial charge is 0.342 e. The van der Waals surface area contributed by atoms with Gasteiger partial charge >= 0.3 is 0 Å². The molecule has 1 aliphatic carbocycles. The maximum absolute atomic E-state index is 12.9. The number of likely N-dealkylation sites (N-methyl/N-ethyl adjacent to an activating group) is 1. The van der Waals surface area contributed by atoms with Gasteiger partial charge in [0.15, 0.2) is 5.82 Å². The fourth-order valence-corrected chi connectivity index (χ4v) is 2.85. The highest BCUT2D eigenvalue weighted by molar-refractivity contribution is 5.78. The monoisotopic (exact) mass is 327 g/mol. The van der Waals surface area contributed by atoms with Crippen LogP contribution in [0.2, 0.25) is 0 Å². The highest BCUT2D eigenvalue weighted by atomic mass is 16.5. The molecule has 1 saturated carbocycles. The van der Waals surface area contributed by atoms with Crippen molar-refractivity contribution in [2.75, 3.05) is 20.6 Å². The van der Waals surface area contributed by atoms with E-state index in [2.05, 4.69) is 15.0 Å². The minimum absolute atomic E-state index is 0.0255. The van der Waals surface area contributed by atoms with Crippen LogP contribution in [0.1, 0.15) is 30.5 Å². The summed E-state index contributed by atoms with van der Waals surface area (Å²) in [5.41, 5.74) is 0.698. The lowest BCUT2D eigenvalue weighted by atomic mass is 10.3. The molecule has 126 valence electrons. The molecule has 0 amide bonds. The van der Waals surface area contributed by atoms with Crippen LogP contribution < -0.4 is 5.56 Å². The summed E-state index contributed by atoms with van der Waals surface area (Å²) in [6.07, 6.45) is 6.02. The number of fused-ring (bicyclic) bond motifs is 1. The SMILES string of the molecule is CN(C)CCn1ccc2ccn(Cc3nc(C4CC4)no3)c(=O)c21. The van der Waals surface area contributed by atoms with E-state index < -0.39 is 0 Å². The van der Waals surface area contributed by atoms with Crippen molar-refractivity contribution in [3.8, 4) is 0 Å². The molecule has 1 fully saturated rings. The van der Waals surface area contributed by atoms with Gasteiger partial charge in [-0.2, -0.15) is 4.98 Å². The zero-order chi connectivity index (χ0) is 16.7. The topological polar surface area (TPSA) is 69.1 Å². The minimum Gasteiger partial charge on any atom is -0.342 e. The highest BCUT2D eigenvalue weighted by Crippen LogP contribution is 2.38. The Kier molecular flexibility index (Phi) is 3.72. The Morgan fingerprint density at radius 3 is 2.71 bits per heavy atom. The van der Waals surface area contributed by atoms with Gasteiger partial charge < -0.3 is 18.6 Å². The van der Waals surface area contributed by atoms with Crippen LogP contribution in [-0.4, -0.2) is 44.8 Å². The van der Waals surface area contributed by atoms with Crippen molar-refractivity contribution in [3.05, 3.63) is 46.6 Å². The summed E-state index contributed by atoms with van der Waals surface area (Å²) in [5.74, 6) is 1.71. The molecule has 4 rings (SSSR count). The first kappa shape index (κ1) is 15.1. The van der Waals surface area contributed by atoms with E-state index in [0.717, 1.165) is 42.7 Å². The Labute approximate surface area is 139 Å². The molecule has 0 radical (unpaired) electrons. The molecule has 0 spiro atoms. The van der Waals surface area contributed by atoms with Gasteiger partial charge in [0.1, 0.15) is 12.1 Å². The number of aromatic nitrogens is 4. The van der Waals surface area contributed by atoms with Crippen LogP contribution in [0.15, 0.2) is 33.8 Å². The lowest BCUT2D eigenvalue weighted by Crippen LogP contribution is -2.24. The predicted octanol–water partition coefficient (Wildman–Crippen LogP) is 1.67. The van der Waals surface area contributed by atoms with Gasteiger partial charge in [-0.05, 0) is 39.1 Å². The first-order valence-corrected chi connectivity index (χ1v) is 8.27. The van der Waals surface area contributed by atoms with Crippen LogP contribution in [0, 0.1) is 0 Å². The second kappa shape index (κ2) is 5.90. The van der Waals surface area contributed by atoms with E-state index in [-0.39, 0.29) is 5.56 Å². The van der Waals surface area contributed by atoms with E-state index in [4.69, 9.17) is 4.52 Å². The fourth-order valence-electron chi connectivity index (χ4n) is 2.85. The van der Waals surface area contributed by atoms with Gasteiger partial charge in [0.2, 0.25) is 5.89 Å². The van der Waals surface area contributed by atoms with E-state index in [9.17, 15) is 4.79 Å². The average molecular weight is 327 g/mol. The third-order valence-corrected chi connectivity index (χ3v) is 4.41. The number of nitrogens with zero attached hydrogens (tertiary/aromatic N) is 5. The Hall–Kier alpha value is -2.41. The summed E-state index contributed by atoms with van der Waals surface area (Å²) < 4.78 is 8.94. The Balaban J connectivity index is 1.63. The van der Waals surface area contributed by atoms with Crippen molar-refractivity contribution < 1.29 is 4.52 Å². The molecule has 1 aliphatic rings. The van der Waals surface area contributed by atoms with Crippen molar-refractivity contribution >= 4 is 10.9 Å². The van der Waals surface area contributed by atoms with Crippen LogP contribution in [0.3, 0.4) is 0 Å². The number of rotatable bonds is 6. The number of hydrogen-bond donors (Lipinski definition) is 0. The van der Waals surface area contributed by atoms with Crippen LogP contribution in [-0.2, 0) is 13.1 Å². The summed E-state index contributed by atoms with van der Waals surface area (Å²) in [4.78, 5) is 19.4. The predicted molar refractivity (Wildman–Crippen MR) is 90.1 cm³/mol. The Morgan fingerprint density at radius 2 is 2.00 bits per heavy atom. The summed E-state index contributed by atoms with van der Waals surface area (Å²) in [7, 11) is 4.05. The molecule has 0 aliphatic heterocycles. The molecule has 0 aromatic carbocycles.